The fourth-order valence-corrected chi connectivity index (χ4v) is 2.35. The zero-order valence-corrected chi connectivity index (χ0v) is 11.5. The minimum Gasteiger partial charge on any atom is -0.366 e. The number of anilines is 1. The van der Waals surface area contributed by atoms with E-state index >= 15 is 0 Å². The molecular formula is C13H16F3N3O2. The Morgan fingerprint density at radius 2 is 2.10 bits per heavy atom. The van der Waals surface area contributed by atoms with E-state index in [1.165, 1.54) is 6.07 Å². The molecule has 0 atom stereocenters. The van der Waals surface area contributed by atoms with E-state index in [2.05, 4.69) is 5.32 Å². The first-order valence-corrected chi connectivity index (χ1v) is 6.67. The van der Waals surface area contributed by atoms with Gasteiger partial charge in [-0.25, -0.2) is 0 Å². The largest absolute Gasteiger partial charge is 0.423 e. The second-order valence-corrected chi connectivity index (χ2v) is 4.96. The summed E-state index contributed by atoms with van der Waals surface area (Å²) in [4.78, 5) is 11.6. The van der Waals surface area contributed by atoms with Crippen molar-refractivity contribution in [2.24, 2.45) is 0 Å². The molecule has 2 rings (SSSR count). The Morgan fingerprint density at radius 3 is 2.52 bits per heavy atom. The van der Waals surface area contributed by atoms with Crippen LogP contribution in [0.5, 0.6) is 0 Å². The second kappa shape index (κ2) is 5.88. The van der Waals surface area contributed by atoms with E-state index in [-0.39, 0.29) is 6.04 Å². The molecule has 0 spiro atoms. The molecule has 1 heterocycles. The van der Waals surface area contributed by atoms with Crippen molar-refractivity contribution in [3.63, 3.8) is 0 Å². The van der Waals surface area contributed by atoms with Gasteiger partial charge in [0, 0.05) is 31.4 Å². The third-order valence-corrected chi connectivity index (χ3v) is 3.48. The topological polar surface area (TPSA) is 58.4 Å². The van der Waals surface area contributed by atoms with Gasteiger partial charge in [0.2, 0.25) is 0 Å². The molecule has 0 amide bonds. The first-order chi connectivity index (χ1) is 9.84. The fourth-order valence-electron chi connectivity index (χ4n) is 2.35. The summed E-state index contributed by atoms with van der Waals surface area (Å²) in [5.41, 5.74) is -1.73. The van der Waals surface area contributed by atoms with Gasteiger partial charge < -0.3 is 10.2 Å². The van der Waals surface area contributed by atoms with E-state index in [0.29, 0.717) is 25.3 Å². The molecule has 116 valence electrons. The Hall–Kier alpha value is -1.83. The molecule has 8 heteroatoms. The van der Waals surface area contributed by atoms with Crippen molar-refractivity contribution in [3.05, 3.63) is 33.9 Å². The number of nitrogens with zero attached hydrogens (tertiary/aromatic N) is 2. The van der Waals surface area contributed by atoms with Gasteiger partial charge in [0.05, 0.1) is 11.0 Å². The lowest BCUT2D eigenvalue weighted by molar-refractivity contribution is -0.388. The lowest BCUT2D eigenvalue weighted by Gasteiger charge is -2.40. The molecule has 1 aromatic rings. The molecular weight excluding hydrogens is 287 g/mol. The first-order valence-electron chi connectivity index (χ1n) is 6.67. The molecule has 1 N–H and O–H groups in total. The highest BCUT2D eigenvalue weighted by atomic mass is 19.4. The number of hydrogen-bond acceptors (Lipinski definition) is 4. The predicted molar refractivity (Wildman–Crippen MR) is 72.4 cm³/mol. The molecule has 1 aromatic carbocycles. The minimum atomic E-state index is -4.74. The summed E-state index contributed by atoms with van der Waals surface area (Å²) >= 11 is 0. The summed E-state index contributed by atoms with van der Waals surface area (Å²) in [5.74, 6) is 0. The lowest BCUT2D eigenvalue weighted by atomic mass is 10.1. The Kier molecular flexibility index (Phi) is 4.36. The number of rotatable bonds is 5. The van der Waals surface area contributed by atoms with Crippen LogP contribution in [0.2, 0.25) is 0 Å². The van der Waals surface area contributed by atoms with Crippen LogP contribution in [0.25, 0.3) is 0 Å². The highest BCUT2D eigenvalue weighted by Crippen LogP contribution is 2.38. The van der Waals surface area contributed by atoms with Crippen molar-refractivity contribution in [1.82, 2.24) is 5.32 Å². The van der Waals surface area contributed by atoms with Crippen LogP contribution >= 0.6 is 0 Å². The van der Waals surface area contributed by atoms with Crippen LogP contribution in [0.3, 0.4) is 0 Å². The van der Waals surface area contributed by atoms with Crippen molar-refractivity contribution in [1.29, 1.82) is 0 Å². The van der Waals surface area contributed by atoms with E-state index in [1.54, 1.807) is 0 Å². The van der Waals surface area contributed by atoms with Gasteiger partial charge in [0.25, 0.3) is 5.69 Å². The molecule has 0 unspecified atom stereocenters. The Bertz CT molecular complexity index is 530. The Morgan fingerprint density at radius 1 is 1.43 bits per heavy atom. The maximum absolute atomic E-state index is 13.0. The summed E-state index contributed by atoms with van der Waals surface area (Å²) in [5, 5.41) is 13.8. The zero-order chi connectivity index (χ0) is 15.6. The summed E-state index contributed by atoms with van der Waals surface area (Å²) in [7, 11) is 0. The van der Waals surface area contributed by atoms with Crippen LogP contribution in [-0.2, 0) is 6.18 Å². The highest BCUT2D eigenvalue weighted by molar-refractivity contribution is 5.57. The van der Waals surface area contributed by atoms with Crippen LogP contribution in [0, 0.1) is 10.1 Å². The van der Waals surface area contributed by atoms with E-state index in [0.717, 1.165) is 18.6 Å². The maximum Gasteiger partial charge on any atom is 0.423 e. The summed E-state index contributed by atoms with van der Waals surface area (Å²) < 4.78 is 39.0. The molecule has 1 aliphatic heterocycles. The molecule has 21 heavy (non-hydrogen) atoms. The molecule has 0 aromatic heterocycles. The van der Waals surface area contributed by atoms with Gasteiger partial charge in [-0.2, -0.15) is 13.2 Å². The van der Waals surface area contributed by atoms with E-state index in [9.17, 15) is 23.3 Å². The first kappa shape index (κ1) is 15.6. The van der Waals surface area contributed by atoms with Gasteiger partial charge in [0.1, 0.15) is 5.56 Å². The van der Waals surface area contributed by atoms with Crippen LogP contribution in [0.15, 0.2) is 18.2 Å². The average molecular weight is 303 g/mol. The molecule has 0 radical (unpaired) electrons. The van der Waals surface area contributed by atoms with Gasteiger partial charge in [-0.1, -0.05) is 6.92 Å². The van der Waals surface area contributed by atoms with Gasteiger partial charge in [-0.15, -0.1) is 0 Å². The zero-order valence-electron chi connectivity index (χ0n) is 11.5. The SMILES string of the molecule is CCCN(c1ccc([N+](=O)[O-])c(C(F)(F)F)c1)C1CNC1. The Balaban J connectivity index is 2.42. The molecule has 5 nitrogen and oxygen atoms in total. The number of benzene rings is 1. The van der Waals surface area contributed by atoms with Crippen LogP contribution in [0.4, 0.5) is 24.5 Å². The van der Waals surface area contributed by atoms with Gasteiger partial charge in [-0.05, 0) is 18.6 Å². The monoisotopic (exact) mass is 303 g/mol. The number of hydrogen-bond donors (Lipinski definition) is 1. The van der Waals surface area contributed by atoms with Gasteiger partial charge in [0.15, 0.2) is 0 Å². The number of alkyl halides is 3. The smallest absolute Gasteiger partial charge is 0.366 e. The second-order valence-electron chi connectivity index (χ2n) is 4.96. The third-order valence-electron chi connectivity index (χ3n) is 3.48. The molecule has 0 aliphatic carbocycles. The van der Waals surface area contributed by atoms with Crippen LogP contribution < -0.4 is 10.2 Å². The fraction of sp³-hybridized carbons (Fsp3) is 0.538. The normalized spacial score (nSPS) is 15.6. The van der Waals surface area contributed by atoms with Crippen LogP contribution in [-0.4, -0.2) is 30.6 Å². The summed E-state index contributed by atoms with van der Waals surface area (Å²) in [6.07, 6.45) is -3.96. The summed E-state index contributed by atoms with van der Waals surface area (Å²) in [6, 6.07) is 3.34. The maximum atomic E-state index is 13.0. The summed E-state index contributed by atoms with van der Waals surface area (Å²) in [6.45, 7) is 3.97. The highest BCUT2D eigenvalue weighted by Gasteiger charge is 2.39. The number of nitrogens with one attached hydrogen (secondary N) is 1. The third kappa shape index (κ3) is 3.26. The van der Waals surface area contributed by atoms with Crippen molar-refractivity contribution in [2.45, 2.75) is 25.6 Å². The quantitative estimate of drug-likeness (QED) is 0.671. The number of nitro groups is 1. The van der Waals surface area contributed by atoms with E-state index in [1.807, 2.05) is 11.8 Å². The van der Waals surface area contributed by atoms with Crippen molar-refractivity contribution in [2.75, 3.05) is 24.5 Å². The van der Waals surface area contributed by atoms with Crippen LogP contribution in [0.1, 0.15) is 18.9 Å². The number of nitro benzene ring substituents is 1. The molecule has 0 bridgehead atoms. The van der Waals surface area contributed by atoms with Gasteiger partial charge >= 0.3 is 6.18 Å². The molecule has 1 aliphatic rings. The average Bonchev–Trinajstić information content (AvgIpc) is 2.34. The standard InChI is InChI=1S/C13H16F3N3O2/c1-2-5-18(10-7-17-8-10)9-3-4-12(19(20)21)11(6-9)13(14,15)16/h3-4,6,10,17H,2,5,7-8H2,1H3. The van der Waals surface area contributed by atoms with Crippen molar-refractivity contribution in [3.8, 4) is 0 Å². The van der Waals surface area contributed by atoms with Gasteiger partial charge in [-0.3, -0.25) is 10.1 Å². The number of halogens is 3. The molecule has 1 saturated heterocycles. The Labute approximate surface area is 119 Å². The van der Waals surface area contributed by atoms with E-state index in [4.69, 9.17) is 0 Å². The lowest BCUT2D eigenvalue weighted by Crippen LogP contribution is -2.57. The van der Waals surface area contributed by atoms with Crippen molar-refractivity contribution >= 4 is 11.4 Å². The minimum absolute atomic E-state index is 0.132. The molecule has 1 fully saturated rings. The molecule has 0 saturated carbocycles. The van der Waals surface area contributed by atoms with E-state index < -0.39 is 22.4 Å². The predicted octanol–water partition coefficient (Wildman–Crippen LogP) is 2.80. The van der Waals surface area contributed by atoms with Crippen molar-refractivity contribution < 1.29 is 18.1 Å².